The zero-order chi connectivity index (χ0) is 15.5. The normalized spacial score (nSPS) is 18.3. The first-order valence-electron chi connectivity index (χ1n) is 7.09. The van der Waals surface area contributed by atoms with Crippen molar-refractivity contribution in [3.05, 3.63) is 29.8 Å². The molecule has 1 aromatic rings. The maximum absolute atomic E-state index is 12.0. The second-order valence-electron chi connectivity index (χ2n) is 5.74. The van der Waals surface area contributed by atoms with Gasteiger partial charge >= 0.3 is 0 Å². The van der Waals surface area contributed by atoms with Crippen molar-refractivity contribution in [3.8, 4) is 0 Å². The van der Waals surface area contributed by atoms with E-state index < -0.39 is 21.5 Å². The van der Waals surface area contributed by atoms with Gasteiger partial charge in [0.2, 0.25) is 5.91 Å². The van der Waals surface area contributed by atoms with Crippen molar-refractivity contribution in [2.24, 2.45) is 5.92 Å². The van der Waals surface area contributed by atoms with Gasteiger partial charge in [0, 0.05) is 10.6 Å². The largest absolute Gasteiger partial charge is 0.348 e. The van der Waals surface area contributed by atoms with Gasteiger partial charge in [-0.25, -0.2) is 8.42 Å². The highest BCUT2D eigenvalue weighted by Crippen LogP contribution is 2.35. The summed E-state index contributed by atoms with van der Waals surface area (Å²) < 4.78 is 23.7. The number of rotatable bonds is 5. The third kappa shape index (κ3) is 4.74. The average molecular weight is 327 g/mol. The summed E-state index contributed by atoms with van der Waals surface area (Å²) in [5.41, 5.74) is 1.09. The van der Waals surface area contributed by atoms with Crippen LogP contribution < -0.4 is 5.32 Å². The molecule has 1 heterocycles. The summed E-state index contributed by atoms with van der Waals surface area (Å²) in [5.74, 6) is 0.201. The molecule has 1 aliphatic rings. The second kappa shape index (κ2) is 6.83. The number of sulfone groups is 1. The Morgan fingerprint density at radius 1 is 1.38 bits per heavy atom. The summed E-state index contributed by atoms with van der Waals surface area (Å²) in [7, 11) is -3.33. The van der Waals surface area contributed by atoms with Gasteiger partial charge in [-0.1, -0.05) is 32.0 Å². The number of carbonyl (C=O) groups excluding carboxylic acids is 1. The van der Waals surface area contributed by atoms with Crippen molar-refractivity contribution in [2.75, 3.05) is 17.3 Å². The van der Waals surface area contributed by atoms with Gasteiger partial charge in [-0.15, -0.1) is 11.8 Å². The van der Waals surface area contributed by atoms with Crippen LogP contribution in [-0.4, -0.2) is 31.6 Å². The molecule has 0 aromatic heterocycles. The number of hydrogen-bond acceptors (Lipinski definition) is 4. The molecule has 21 heavy (non-hydrogen) atoms. The monoisotopic (exact) mass is 327 g/mol. The van der Waals surface area contributed by atoms with E-state index in [1.165, 1.54) is 4.90 Å². The molecule has 6 heteroatoms. The zero-order valence-corrected chi connectivity index (χ0v) is 14.0. The minimum absolute atomic E-state index is 0.0367. The standard InChI is InChI=1S/C15H21NO3S2/c1-11(2)9-21(18,19)10-15(17)16-13-7-8-20-14-6-4-3-5-12(13)14/h3-6,11,13H,7-10H2,1-2H3,(H,16,17)/t13-/m1/s1. The minimum Gasteiger partial charge on any atom is -0.348 e. The van der Waals surface area contributed by atoms with Gasteiger partial charge in [0.25, 0.3) is 0 Å². The first-order valence-corrected chi connectivity index (χ1v) is 9.89. The molecule has 116 valence electrons. The van der Waals surface area contributed by atoms with E-state index in [2.05, 4.69) is 5.32 Å². The molecule has 0 bridgehead atoms. The third-order valence-electron chi connectivity index (χ3n) is 3.23. The van der Waals surface area contributed by atoms with Gasteiger partial charge in [0.05, 0.1) is 11.8 Å². The second-order valence-corrected chi connectivity index (χ2v) is 8.99. The topological polar surface area (TPSA) is 63.2 Å². The fourth-order valence-corrected chi connectivity index (χ4v) is 5.24. The molecule has 0 aliphatic carbocycles. The van der Waals surface area contributed by atoms with E-state index in [9.17, 15) is 13.2 Å². The SMILES string of the molecule is CC(C)CS(=O)(=O)CC(=O)N[C@@H]1CCSc2ccccc21. The maximum atomic E-state index is 12.0. The van der Waals surface area contributed by atoms with Gasteiger partial charge in [-0.05, 0) is 24.0 Å². The molecule has 1 N–H and O–H groups in total. The van der Waals surface area contributed by atoms with E-state index >= 15 is 0 Å². The lowest BCUT2D eigenvalue weighted by Crippen LogP contribution is -2.36. The number of thioether (sulfide) groups is 1. The summed E-state index contributed by atoms with van der Waals surface area (Å²) >= 11 is 1.77. The van der Waals surface area contributed by atoms with Crippen molar-refractivity contribution >= 4 is 27.5 Å². The third-order valence-corrected chi connectivity index (χ3v) is 6.23. The molecule has 0 radical (unpaired) electrons. The molecule has 0 fully saturated rings. The predicted molar refractivity (Wildman–Crippen MR) is 86.2 cm³/mol. The van der Waals surface area contributed by atoms with Gasteiger partial charge in [-0.3, -0.25) is 4.79 Å². The number of fused-ring (bicyclic) bond motifs is 1. The zero-order valence-electron chi connectivity index (χ0n) is 12.3. The van der Waals surface area contributed by atoms with Crippen LogP contribution in [0.5, 0.6) is 0 Å². The number of nitrogens with one attached hydrogen (secondary N) is 1. The Hall–Kier alpha value is -1.01. The van der Waals surface area contributed by atoms with Crippen LogP contribution >= 0.6 is 11.8 Å². The summed E-state index contributed by atoms with van der Waals surface area (Å²) in [6.07, 6.45) is 0.831. The van der Waals surface area contributed by atoms with E-state index in [-0.39, 0.29) is 17.7 Å². The summed E-state index contributed by atoms with van der Waals surface area (Å²) in [5, 5.41) is 2.87. The summed E-state index contributed by atoms with van der Waals surface area (Å²) in [6.45, 7) is 3.67. The highest BCUT2D eigenvalue weighted by molar-refractivity contribution is 7.99. The molecule has 0 saturated carbocycles. The molecule has 0 spiro atoms. The summed E-state index contributed by atoms with van der Waals surface area (Å²) in [6, 6.07) is 7.87. The number of benzene rings is 1. The fourth-order valence-electron chi connectivity index (χ4n) is 2.49. The lowest BCUT2D eigenvalue weighted by atomic mass is 10.0. The van der Waals surface area contributed by atoms with Crippen molar-refractivity contribution in [3.63, 3.8) is 0 Å². The molecule has 1 amide bonds. The van der Waals surface area contributed by atoms with Gasteiger partial charge < -0.3 is 5.32 Å². The average Bonchev–Trinajstić information content (AvgIpc) is 2.36. The molecular weight excluding hydrogens is 306 g/mol. The molecule has 0 saturated heterocycles. The van der Waals surface area contributed by atoms with Gasteiger partial charge in [-0.2, -0.15) is 0 Å². The quantitative estimate of drug-likeness (QED) is 0.902. The first-order chi connectivity index (χ1) is 9.87. The van der Waals surface area contributed by atoms with Crippen LogP contribution in [-0.2, 0) is 14.6 Å². The van der Waals surface area contributed by atoms with Crippen LogP contribution in [0.4, 0.5) is 0 Å². The number of amides is 1. The smallest absolute Gasteiger partial charge is 0.235 e. The lowest BCUT2D eigenvalue weighted by molar-refractivity contribution is -0.119. The molecule has 1 atom stereocenters. The van der Waals surface area contributed by atoms with Crippen molar-refractivity contribution in [1.82, 2.24) is 5.32 Å². The van der Waals surface area contributed by atoms with Crippen molar-refractivity contribution in [2.45, 2.75) is 31.2 Å². The first kappa shape index (κ1) is 16.4. The van der Waals surface area contributed by atoms with E-state index in [1.807, 2.05) is 38.1 Å². The fraction of sp³-hybridized carbons (Fsp3) is 0.533. The van der Waals surface area contributed by atoms with Crippen molar-refractivity contribution < 1.29 is 13.2 Å². The molecule has 0 unspecified atom stereocenters. The maximum Gasteiger partial charge on any atom is 0.235 e. The summed E-state index contributed by atoms with van der Waals surface area (Å²) in [4.78, 5) is 13.2. The molecule has 1 aromatic carbocycles. The predicted octanol–water partition coefficient (Wildman–Crippen LogP) is 2.41. The van der Waals surface area contributed by atoms with Crippen LogP contribution in [0.15, 0.2) is 29.2 Å². The van der Waals surface area contributed by atoms with Crippen LogP contribution in [0.1, 0.15) is 31.9 Å². The van der Waals surface area contributed by atoms with E-state index in [1.54, 1.807) is 11.8 Å². The van der Waals surface area contributed by atoms with Crippen LogP contribution in [0.2, 0.25) is 0 Å². The van der Waals surface area contributed by atoms with E-state index in [4.69, 9.17) is 0 Å². The lowest BCUT2D eigenvalue weighted by Gasteiger charge is -2.25. The Kier molecular flexibility index (Phi) is 5.32. The number of carbonyl (C=O) groups is 1. The Morgan fingerprint density at radius 2 is 2.10 bits per heavy atom. The number of hydrogen-bond donors (Lipinski definition) is 1. The molecule has 2 rings (SSSR count). The van der Waals surface area contributed by atoms with Crippen LogP contribution in [0.25, 0.3) is 0 Å². The molecule has 1 aliphatic heterocycles. The van der Waals surface area contributed by atoms with Crippen LogP contribution in [0, 0.1) is 5.92 Å². The van der Waals surface area contributed by atoms with Crippen molar-refractivity contribution in [1.29, 1.82) is 0 Å². The Balaban J connectivity index is 2.01. The van der Waals surface area contributed by atoms with Gasteiger partial charge in [0.1, 0.15) is 5.75 Å². The highest BCUT2D eigenvalue weighted by atomic mass is 32.2. The molecular formula is C15H21NO3S2. The minimum atomic E-state index is -3.33. The van der Waals surface area contributed by atoms with Crippen LogP contribution in [0.3, 0.4) is 0 Å². The van der Waals surface area contributed by atoms with Gasteiger partial charge in [0.15, 0.2) is 9.84 Å². The van der Waals surface area contributed by atoms with E-state index in [0.717, 1.165) is 17.7 Å². The Bertz CT molecular complexity index is 611. The highest BCUT2D eigenvalue weighted by Gasteiger charge is 2.24. The Labute approximate surface area is 130 Å². The Morgan fingerprint density at radius 3 is 2.81 bits per heavy atom. The van der Waals surface area contributed by atoms with E-state index in [0.29, 0.717) is 0 Å². The molecule has 4 nitrogen and oxygen atoms in total.